The van der Waals surface area contributed by atoms with Crippen LogP contribution in [0.25, 0.3) is 0 Å². The molecule has 0 bridgehead atoms. The number of sulfonamides is 1. The Bertz CT molecular complexity index is 482. The van der Waals surface area contributed by atoms with Gasteiger partial charge in [-0.3, -0.25) is 5.10 Å². The third kappa shape index (κ3) is 4.93. The molecular weight excluding hydrogens is 264 g/mol. The highest BCUT2D eigenvalue weighted by Gasteiger charge is 2.22. The van der Waals surface area contributed by atoms with Gasteiger partial charge in [-0.15, -0.1) is 0 Å². The van der Waals surface area contributed by atoms with E-state index in [0.29, 0.717) is 18.0 Å². The fraction of sp³-hybridized carbons (Fsp3) is 0.750. The third-order valence-electron chi connectivity index (χ3n) is 2.85. The predicted molar refractivity (Wildman–Crippen MR) is 75.2 cm³/mol. The topological polar surface area (TPSA) is 86.9 Å². The molecule has 0 fully saturated rings. The largest absolute Gasteiger partial charge is 0.316 e. The first-order valence-corrected chi connectivity index (χ1v) is 8.04. The molecule has 0 spiro atoms. The fourth-order valence-corrected chi connectivity index (χ4v) is 3.22. The van der Waals surface area contributed by atoms with Crippen LogP contribution in [0.1, 0.15) is 39.2 Å². The first-order chi connectivity index (χ1) is 8.86. The predicted octanol–water partition coefficient (Wildman–Crippen LogP) is 1.23. The van der Waals surface area contributed by atoms with Gasteiger partial charge in [0, 0.05) is 18.2 Å². The van der Waals surface area contributed by atoms with Crippen molar-refractivity contribution in [1.29, 1.82) is 0 Å². The Hall–Kier alpha value is -0.920. The van der Waals surface area contributed by atoms with E-state index in [9.17, 15) is 8.42 Å². The lowest BCUT2D eigenvalue weighted by Crippen LogP contribution is -2.33. The van der Waals surface area contributed by atoms with Crippen LogP contribution in [0.3, 0.4) is 0 Å². The smallest absolute Gasteiger partial charge is 0.258 e. The molecule has 3 N–H and O–H groups in total. The second kappa shape index (κ2) is 7.02. The average molecular weight is 288 g/mol. The van der Waals surface area contributed by atoms with Crippen LogP contribution >= 0.6 is 0 Å². The highest BCUT2D eigenvalue weighted by molar-refractivity contribution is 7.89. The summed E-state index contributed by atoms with van der Waals surface area (Å²) in [5.74, 6) is 0.568. The lowest BCUT2D eigenvalue weighted by molar-refractivity contribution is 0.484. The molecular formula is C12H24N4O2S. The SMILES string of the molecule is CNCc1cn[nH]c1S(=O)(=O)NC(C)CCC(C)C. The number of aromatic nitrogens is 2. The monoisotopic (exact) mass is 288 g/mol. The van der Waals surface area contributed by atoms with Crippen molar-refractivity contribution < 1.29 is 8.42 Å². The first kappa shape index (κ1) is 16.1. The van der Waals surface area contributed by atoms with Crippen molar-refractivity contribution >= 4 is 10.0 Å². The van der Waals surface area contributed by atoms with Gasteiger partial charge in [-0.1, -0.05) is 13.8 Å². The van der Waals surface area contributed by atoms with Crippen molar-refractivity contribution in [1.82, 2.24) is 20.2 Å². The lowest BCUT2D eigenvalue weighted by Gasteiger charge is -2.15. The van der Waals surface area contributed by atoms with Crippen LogP contribution in [-0.4, -0.2) is 31.7 Å². The number of nitrogens with one attached hydrogen (secondary N) is 3. The van der Waals surface area contributed by atoms with E-state index in [1.54, 1.807) is 7.05 Å². The molecule has 110 valence electrons. The van der Waals surface area contributed by atoms with Crippen molar-refractivity contribution in [3.8, 4) is 0 Å². The van der Waals surface area contributed by atoms with Gasteiger partial charge in [-0.2, -0.15) is 5.10 Å². The standard InChI is InChI=1S/C12H24N4O2S/c1-9(2)5-6-10(3)16-19(17,18)12-11(7-13-4)8-14-15-12/h8-10,13,16H,5-7H2,1-4H3,(H,14,15). The number of H-pyrrole nitrogens is 1. The Balaban J connectivity index is 2.72. The first-order valence-electron chi connectivity index (χ1n) is 6.56. The molecule has 6 nitrogen and oxygen atoms in total. The van der Waals surface area contributed by atoms with Gasteiger partial charge >= 0.3 is 0 Å². The van der Waals surface area contributed by atoms with Crippen LogP contribution in [0.5, 0.6) is 0 Å². The van der Waals surface area contributed by atoms with E-state index in [4.69, 9.17) is 0 Å². The van der Waals surface area contributed by atoms with Gasteiger partial charge in [0.2, 0.25) is 0 Å². The van der Waals surface area contributed by atoms with Crippen LogP contribution < -0.4 is 10.0 Å². The highest BCUT2D eigenvalue weighted by Crippen LogP contribution is 2.14. The van der Waals surface area contributed by atoms with E-state index in [0.717, 1.165) is 12.8 Å². The summed E-state index contributed by atoms with van der Waals surface area (Å²) >= 11 is 0. The van der Waals surface area contributed by atoms with E-state index in [1.165, 1.54) is 6.20 Å². The number of hydrogen-bond donors (Lipinski definition) is 3. The maximum absolute atomic E-state index is 12.2. The molecule has 1 heterocycles. The van der Waals surface area contributed by atoms with Crippen LogP contribution in [0.4, 0.5) is 0 Å². The summed E-state index contributed by atoms with van der Waals surface area (Å²) in [6, 6.07) is -0.0851. The van der Waals surface area contributed by atoms with Gasteiger partial charge in [-0.05, 0) is 32.7 Å². The summed E-state index contributed by atoms with van der Waals surface area (Å²) < 4.78 is 27.2. The molecule has 19 heavy (non-hydrogen) atoms. The molecule has 0 aliphatic heterocycles. The zero-order valence-electron chi connectivity index (χ0n) is 12.0. The van der Waals surface area contributed by atoms with Crippen LogP contribution in [0.15, 0.2) is 11.2 Å². The molecule has 1 aromatic rings. The number of nitrogens with zero attached hydrogens (tertiary/aromatic N) is 1. The fourth-order valence-electron chi connectivity index (χ4n) is 1.81. The zero-order valence-corrected chi connectivity index (χ0v) is 12.8. The molecule has 1 unspecified atom stereocenters. The minimum absolute atomic E-state index is 0.0851. The molecule has 0 aliphatic rings. The molecule has 0 saturated heterocycles. The normalized spacial score (nSPS) is 13.9. The Morgan fingerprint density at radius 2 is 2.00 bits per heavy atom. The lowest BCUT2D eigenvalue weighted by atomic mass is 10.1. The Morgan fingerprint density at radius 1 is 1.32 bits per heavy atom. The van der Waals surface area contributed by atoms with Gasteiger partial charge in [0.15, 0.2) is 5.03 Å². The third-order valence-corrected chi connectivity index (χ3v) is 4.45. The van der Waals surface area contributed by atoms with E-state index in [1.807, 2.05) is 6.92 Å². The molecule has 0 amide bonds. The van der Waals surface area contributed by atoms with E-state index < -0.39 is 10.0 Å². The second-order valence-electron chi connectivity index (χ2n) is 5.25. The Labute approximate surface area is 115 Å². The highest BCUT2D eigenvalue weighted by atomic mass is 32.2. The quantitative estimate of drug-likeness (QED) is 0.671. The molecule has 0 aliphatic carbocycles. The van der Waals surface area contributed by atoms with Gasteiger partial charge in [0.25, 0.3) is 10.0 Å². The van der Waals surface area contributed by atoms with Crippen molar-refractivity contribution in [2.24, 2.45) is 5.92 Å². The van der Waals surface area contributed by atoms with Crippen LogP contribution in [-0.2, 0) is 16.6 Å². The number of hydrogen-bond acceptors (Lipinski definition) is 4. The Kier molecular flexibility index (Phi) is 5.96. The number of aromatic amines is 1. The van der Waals surface area contributed by atoms with E-state index in [-0.39, 0.29) is 11.1 Å². The maximum Gasteiger partial charge on any atom is 0.258 e. The summed E-state index contributed by atoms with van der Waals surface area (Å²) in [5, 5.41) is 9.44. The molecule has 1 aromatic heterocycles. The summed E-state index contributed by atoms with van der Waals surface area (Å²) in [6.45, 7) is 6.60. The summed E-state index contributed by atoms with van der Waals surface area (Å²) in [5.41, 5.74) is 0.644. The molecule has 0 saturated carbocycles. The van der Waals surface area contributed by atoms with Gasteiger partial charge in [-0.25, -0.2) is 13.1 Å². The molecule has 7 heteroatoms. The minimum Gasteiger partial charge on any atom is -0.316 e. The van der Waals surface area contributed by atoms with E-state index >= 15 is 0 Å². The van der Waals surface area contributed by atoms with Gasteiger partial charge in [0.05, 0.1) is 6.20 Å². The maximum atomic E-state index is 12.2. The summed E-state index contributed by atoms with van der Waals surface area (Å²) in [6.07, 6.45) is 3.35. The van der Waals surface area contributed by atoms with Crippen molar-refractivity contribution in [2.45, 2.75) is 51.2 Å². The molecule has 0 radical (unpaired) electrons. The van der Waals surface area contributed by atoms with Gasteiger partial charge in [0.1, 0.15) is 0 Å². The van der Waals surface area contributed by atoms with Crippen LogP contribution in [0.2, 0.25) is 0 Å². The average Bonchev–Trinajstić information content (AvgIpc) is 2.75. The second-order valence-corrected chi connectivity index (χ2v) is 6.90. The van der Waals surface area contributed by atoms with Crippen molar-refractivity contribution in [2.75, 3.05) is 7.05 Å². The summed E-state index contributed by atoms with van der Waals surface area (Å²) in [7, 11) is -1.76. The van der Waals surface area contributed by atoms with E-state index in [2.05, 4.69) is 34.1 Å². The van der Waals surface area contributed by atoms with Crippen LogP contribution in [0, 0.1) is 5.92 Å². The Morgan fingerprint density at radius 3 is 2.58 bits per heavy atom. The van der Waals surface area contributed by atoms with Crippen molar-refractivity contribution in [3.05, 3.63) is 11.8 Å². The zero-order chi connectivity index (χ0) is 14.5. The van der Waals surface area contributed by atoms with Crippen molar-refractivity contribution in [3.63, 3.8) is 0 Å². The summed E-state index contributed by atoms with van der Waals surface area (Å²) in [4.78, 5) is 0. The van der Waals surface area contributed by atoms with Gasteiger partial charge < -0.3 is 5.32 Å². The molecule has 1 atom stereocenters. The molecule has 0 aromatic carbocycles. The molecule has 1 rings (SSSR count). The minimum atomic E-state index is -3.52. The number of rotatable bonds is 8.